The van der Waals surface area contributed by atoms with E-state index in [9.17, 15) is 9.59 Å². The predicted octanol–water partition coefficient (Wildman–Crippen LogP) is 2.80. The summed E-state index contributed by atoms with van der Waals surface area (Å²) in [6.07, 6.45) is 2.29. The number of nitrogens with one attached hydrogen (secondary N) is 1. The fourth-order valence-electron chi connectivity index (χ4n) is 5.33. The van der Waals surface area contributed by atoms with E-state index in [-0.39, 0.29) is 28.9 Å². The van der Waals surface area contributed by atoms with Crippen LogP contribution >= 0.6 is 0 Å². The summed E-state index contributed by atoms with van der Waals surface area (Å²) in [6, 6.07) is 9.03. The van der Waals surface area contributed by atoms with Gasteiger partial charge in [0.1, 0.15) is 6.61 Å². The van der Waals surface area contributed by atoms with Crippen LogP contribution in [-0.2, 0) is 14.9 Å². The molecule has 1 aromatic rings. The molecule has 0 bridgehead atoms. The standard InChI is InChI=1S/C21H26N2O3/c1-13(2)14-3-5-16(6-4-14)21-9-17(21)10-23(11-21)18(24)15-7-20(8-15)12-26-19(25)22-20/h3-6,13,15,17H,7-12H2,1-2H3,(H,22,25)/t15?,17-,20?,21+/m1/s1. The van der Waals surface area contributed by atoms with Crippen molar-refractivity contribution in [3.63, 3.8) is 0 Å². The van der Waals surface area contributed by atoms with Crippen molar-refractivity contribution in [3.8, 4) is 0 Å². The van der Waals surface area contributed by atoms with Crippen molar-refractivity contribution in [2.24, 2.45) is 11.8 Å². The van der Waals surface area contributed by atoms with E-state index in [0.717, 1.165) is 25.9 Å². The van der Waals surface area contributed by atoms with Gasteiger partial charge in [-0.3, -0.25) is 4.79 Å². The van der Waals surface area contributed by atoms with E-state index in [0.29, 0.717) is 18.4 Å². The van der Waals surface area contributed by atoms with Crippen LogP contribution in [0, 0.1) is 11.8 Å². The SMILES string of the molecule is CC(C)c1ccc([C@@]23C[C@@H]2CN(C(=O)C2CC4(COC(=O)N4)C2)C3)cc1. The lowest BCUT2D eigenvalue weighted by molar-refractivity contribution is -0.140. The van der Waals surface area contributed by atoms with Gasteiger partial charge in [0.2, 0.25) is 5.91 Å². The number of ether oxygens (including phenoxy) is 1. The number of cyclic esters (lactones) is 1. The van der Waals surface area contributed by atoms with Crippen molar-refractivity contribution in [3.05, 3.63) is 35.4 Å². The van der Waals surface area contributed by atoms with E-state index in [1.54, 1.807) is 0 Å². The lowest BCUT2D eigenvalue weighted by Gasteiger charge is -2.43. The minimum atomic E-state index is -0.345. The molecule has 0 aromatic heterocycles. The third-order valence-electron chi connectivity index (χ3n) is 7.08. The molecule has 1 spiro atoms. The van der Waals surface area contributed by atoms with Gasteiger partial charge in [-0.25, -0.2) is 4.79 Å². The molecule has 2 atom stereocenters. The van der Waals surface area contributed by atoms with E-state index >= 15 is 0 Å². The first kappa shape index (κ1) is 16.2. The lowest BCUT2D eigenvalue weighted by atomic mass is 9.68. The first-order valence-corrected chi connectivity index (χ1v) is 9.75. The lowest BCUT2D eigenvalue weighted by Crippen LogP contribution is -2.58. The number of carbonyl (C=O) groups excluding carboxylic acids is 2. The fraction of sp³-hybridized carbons (Fsp3) is 0.619. The molecule has 2 saturated heterocycles. The molecule has 2 aliphatic heterocycles. The molecule has 4 fully saturated rings. The monoisotopic (exact) mass is 354 g/mol. The highest BCUT2D eigenvalue weighted by Gasteiger charge is 2.63. The zero-order chi connectivity index (χ0) is 18.1. The molecule has 1 aromatic carbocycles. The Morgan fingerprint density at radius 1 is 1.23 bits per heavy atom. The molecular formula is C21H26N2O3. The molecule has 0 unspecified atom stereocenters. The molecule has 0 radical (unpaired) electrons. The van der Waals surface area contributed by atoms with Crippen molar-refractivity contribution in [2.45, 2.75) is 50.0 Å². The molecule has 5 nitrogen and oxygen atoms in total. The highest BCUT2D eigenvalue weighted by molar-refractivity contribution is 5.82. The highest BCUT2D eigenvalue weighted by atomic mass is 16.6. The Kier molecular flexibility index (Phi) is 3.26. The molecule has 2 heterocycles. The number of fused-ring (bicyclic) bond motifs is 1. The third-order valence-corrected chi connectivity index (χ3v) is 7.08. The average Bonchev–Trinajstić information content (AvgIpc) is 2.96. The molecule has 4 aliphatic rings. The Hall–Kier alpha value is -2.04. The number of carbonyl (C=O) groups is 2. The fourth-order valence-corrected chi connectivity index (χ4v) is 5.33. The van der Waals surface area contributed by atoms with Gasteiger partial charge in [-0.15, -0.1) is 0 Å². The number of amides is 2. The molecule has 2 amide bonds. The van der Waals surface area contributed by atoms with Gasteiger partial charge in [0.05, 0.1) is 5.54 Å². The van der Waals surface area contributed by atoms with Crippen LogP contribution in [0.1, 0.15) is 50.2 Å². The van der Waals surface area contributed by atoms with Crippen LogP contribution in [0.25, 0.3) is 0 Å². The zero-order valence-corrected chi connectivity index (χ0v) is 15.5. The highest BCUT2D eigenvalue weighted by Crippen LogP contribution is 2.59. The maximum absolute atomic E-state index is 12.9. The molecule has 5 rings (SSSR count). The Morgan fingerprint density at radius 3 is 2.58 bits per heavy atom. The molecular weight excluding hydrogens is 328 g/mol. The molecule has 26 heavy (non-hydrogen) atoms. The molecule has 5 heteroatoms. The second-order valence-electron chi connectivity index (χ2n) is 9.14. The number of alkyl carbamates (subject to hydrolysis) is 1. The van der Waals surface area contributed by atoms with Crippen LogP contribution < -0.4 is 5.32 Å². The minimum absolute atomic E-state index is 0.0369. The van der Waals surface area contributed by atoms with E-state index in [1.165, 1.54) is 17.5 Å². The number of hydrogen-bond acceptors (Lipinski definition) is 3. The topological polar surface area (TPSA) is 58.6 Å². The van der Waals surface area contributed by atoms with Gasteiger partial charge in [-0.2, -0.15) is 0 Å². The van der Waals surface area contributed by atoms with Gasteiger partial charge in [-0.1, -0.05) is 38.1 Å². The van der Waals surface area contributed by atoms with E-state index in [1.807, 2.05) is 0 Å². The summed E-state index contributed by atoms with van der Waals surface area (Å²) in [6.45, 7) is 6.57. The average molecular weight is 354 g/mol. The first-order valence-electron chi connectivity index (χ1n) is 9.75. The molecule has 2 saturated carbocycles. The predicted molar refractivity (Wildman–Crippen MR) is 96.8 cm³/mol. The number of nitrogens with zero attached hydrogens (tertiary/aromatic N) is 1. The van der Waals surface area contributed by atoms with Crippen molar-refractivity contribution < 1.29 is 14.3 Å². The van der Waals surface area contributed by atoms with Crippen LogP contribution in [-0.4, -0.2) is 42.1 Å². The van der Waals surface area contributed by atoms with E-state index in [2.05, 4.69) is 48.3 Å². The zero-order valence-electron chi connectivity index (χ0n) is 15.5. The number of piperidine rings is 1. The Labute approximate surface area is 154 Å². The van der Waals surface area contributed by atoms with Crippen molar-refractivity contribution >= 4 is 12.0 Å². The smallest absolute Gasteiger partial charge is 0.407 e. The van der Waals surface area contributed by atoms with Gasteiger partial charge in [0.25, 0.3) is 0 Å². The van der Waals surface area contributed by atoms with Gasteiger partial charge >= 0.3 is 6.09 Å². The van der Waals surface area contributed by atoms with Crippen LogP contribution in [0.2, 0.25) is 0 Å². The minimum Gasteiger partial charge on any atom is -0.447 e. The van der Waals surface area contributed by atoms with E-state index < -0.39 is 0 Å². The summed E-state index contributed by atoms with van der Waals surface area (Å²) in [4.78, 5) is 26.2. The van der Waals surface area contributed by atoms with Crippen molar-refractivity contribution in [1.29, 1.82) is 0 Å². The summed E-state index contributed by atoms with van der Waals surface area (Å²) in [5, 5.41) is 2.88. The van der Waals surface area contributed by atoms with Crippen molar-refractivity contribution in [1.82, 2.24) is 10.2 Å². The second kappa shape index (κ2) is 5.24. The Balaban J connectivity index is 1.24. The Bertz CT molecular complexity index is 766. The quantitative estimate of drug-likeness (QED) is 0.908. The van der Waals surface area contributed by atoms with Crippen LogP contribution in [0.4, 0.5) is 4.79 Å². The number of likely N-dealkylation sites (tertiary alicyclic amines) is 1. The third kappa shape index (κ3) is 2.29. The Morgan fingerprint density at radius 2 is 1.96 bits per heavy atom. The molecule has 138 valence electrons. The van der Waals surface area contributed by atoms with Gasteiger partial charge in [-0.05, 0) is 42.2 Å². The first-order chi connectivity index (χ1) is 12.4. The summed E-state index contributed by atoms with van der Waals surface area (Å²) >= 11 is 0. The van der Waals surface area contributed by atoms with Gasteiger partial charge in [0, 0.05) is 24.4 Å². The maximum Gasteiger partial charge on any atom is 0.407 e. The summed E-state index contributed by atoms with van der Waals surface area (Å²) in [7, 11) is 0. The summed E-state index contributed by atoms with van der Waals surface area (Å²) < 4.78 is 5.01. The normalized spacial score (nSPS) is 37.3. The molecule has 1 N–H and O–H groups in total. The largest absolute Gasteiger partial charge is 0.447 e. The van der Waals surface area contributed by atoms with E-state index in [4.69, 9.17) is 4.74 Å². The second-order valence-corrected chi connectivity index (χ2v) is 9.14. The van der Waals surface area contributed by atoms with Crippen LogP contribution in [0.3, 0.4) is 0 Å². The molecule has 2 aliphatic carbocycles. The van der Waals surface area contributed by atoms with Gasteiger partial charge in [0.15, 0.2) is 0 Å². The summed E-state index contributed by atoms with van der Waals surface area (Å²) in [5.41, 5.74) is 2.68. The maximum atomic E-state index is 12.9. The van der Waals surface area contributed by atoms with Crippen LogP contribution in [0.5, 0.6) is 0 Å². The van der Waals surface area contributed by atoms with Crippen molar-refractivity contribution in [2.75, 3.05) is 19.7 Å². The number of rotatable bonds is 3. The number of hydrogen-bond donors (Lipinski definition) is 1. The number of benzene rings is 1. The van der Waals surface area contributed by atoms with Crippen LogP contribution in [0.15, 0.2) is 24.3 Å². The summed E-state index contributed by atoms with van der Waals surface area (Å²) in [5.74, 6) is 1.46. The van der Waals surface area contributed by atoms with Gasteiger partial charge < -0.3 is 15.0 Å².